The van der Waals surface area contributed by atoms with E-state index < -0.39 is 5.97 Å². The third kappa shape index (κ3) is 6.57. The van der Waals surface area contributed by atoms with E-state index in [1.807, 2.05) is 6.11 Å². The molecule has 0 aromatic heterocycles. The summed E-state index contributed by atoms with van der Waals surface area (Å²) < 4.78 is 4.43. The first kappa shape index (κ1) is 7.57. The van der Waals surface area contributed by atoms with Crippen molar-refractivity contribution in [3.05, 3.63) is 12.7 Å². The summed E-state index contributed by atoms with van der Waals surface area (Å²) in [5, 5.41) is 7.93. The standard InChI is InChI=1S/C6H6O3/c1-2-4-9-5-3-6(7)8/h2H,1,4H2,(H,7,8). The highest BCUT2D eigenvalue weighted by molar-refractivity contribution is 5.86. The number of ether oxygens (including phenoxy) is 1. The van der Waals surface area contributed by atoms with Crippen molar-refractivity contribution in [2.45, 2.75) is 0 Å². The molecule has 0 amide bonds. The molecule has 9 heavy (non-hydrogen) atoms. The minimum Gasteiger partial charge on any atom is -0.472 e. The topological polar surface area (TPSA) is 46.5 Å². The average Bonchev–Trinajstić information content (AvgIpc) is 1.80. The molecule has 0 saturated carbocycles. The number of hydrogen-bond donors (Lipinski definition) is 1. The highest BCUT2D eigenvalue weighted by Crippen LogP contribution is 1.68. The van der Waals surface area contributed by atoms with E-state index in [1.165, 1.54) is 6.08 Å². The Morgan fingerprint density at radius 1 is 1.89 bits per heavy atom. The Labute approximate surface area is 52.9 Å². The zero-order valence-electron chi connectivity index (χ0n) is 4.76. The molecule has 0 spiro atoms. The van der Waals surface area contributed by atoms with Crippen LogP contribution in [0.15, 0.2) is 12.7 Å². The van der Waals surface area contributed by atoms with Crippen LogP contribution in [0, 0.1) is 12.0 Å². The smallest absolute Gasteiger partial charge is 0.385 e. The third-order valence-electron chi connectivity index (χ3n) is 0.431. The van der Waals surface area contributed by atoms with Crippen LogP contribution in [0.5, 0.6) is 0 Å². The lowest BCUT2D eigenvalue weighted by Gasteiger charge is -1.83. The van der Waals surface area contributed by atoms with E-state index >= 15 is 0 Å². The van der Waals surface area contributed by atoms with Crippen LogP contribution in [0.2, 0.25) is 0 Å². The van der Waals surface area contributed by atoms with Crippen LogP contribution in [0.25, 0.3) is 0 Å². The van der Waals surface area contributed by atoms with Gasteiger partial charge < -0.3 is 9.84 Å². The molecule has 3 nitrogen and oxygen atoms in total. The summed E-state index contributed by atoms with van der Waals surface area (Å²) in [6.07, 6.45) is 3.45. The van der Waals surface area contributed by atoms with Gasteiger partial charge in [0.1, 0.15) is 12.7 Å². The molecule has 0 rings (SSSR count). The molecule has 48 valence electrons. The van der Waals surface area contributed by atoms with Crippen molar-refractivity contribution < 1.29 is 14.6 Å². The van der Waals surface area contributed by atoms with Crippen molar-refractivity contribution in [1.29, 1.82) is 0 Å². The van der Waals surface area contributed by atoms with Gasteiger partial charge in [0.05, 0.1) is 5.92 Å². The number of carboxylic acid groups (broad SMARTS) is 1. The van der Waals surface area contributed by atoms with E-state index in [2.05, 4.69) is 11.3 Å². The summed E-state index contributed by atoms with van der Waals surface area (Å²) in [6.45, 7) is 3.59. The predicted octanol–water partition coefficient (Wildman–Crippen LogP) is 0.234. The molecule has 0 aliphatic heterocycles. The molecule has 0 aliphatic carbocycles. The van der Waals surface area contributed by atoms with Gasteiger partial charge in [-0.3, -0.25) is 0 Å². The van der Waals surface area contributed by atoms with Crippen LogP contribution in [0.3, 0.4) is 0 Å². The van der Waals surface area contributed by atoms with Gasteiger partial charge in [-0.25, -0.2) is 4.79 Å². The molecule has 0 atom stereocenters. The fraction of sp³-hybridized carbons (Fsp3) is 0.167. The lowest BCUT2D eigenvalue weighted by Crippen LogP contribution is -1.88. The van der Waals surface area contributed by atoms with E-state index in [0.717, 1.165) is 0 Å². The maximum absolute atomic E-state index is 9.68. The van der Waals surface area contributed by atoms with Crippen molar-refractivity contribution in [3.63, 3.8) is 0 Å². The molecule has 0 aromatic rings. The van der Waals surface area contributed by atoms with Gasteiger partial charge in [-0.2, -0.15) is 0 Å². The number of hydrogen-bond acceptors (Lipinski definition) is 2. The minimum absolute atomic E-state index is 0.250. The molecular weight excluding hydrogens is 120 g/mol. The van der Waals surface area contributed by atoms with E-state index in [4.69, 9.17) is 5.11 Å². The zero-order chi connectivity index (χ0) is 7.11. The summed E-state index contributed by atoms with van der Waals surface area (Å²) in [5.74, 6) is 0.582. The Kier molecular flexibility index (Phi) is 3.97. The maximum atomic E-state index is 9.68. The van der Waals surface area contributed by atoms with Crippen molar-refractivity contribution >= 4 is 5.97 Å². The first-order valence-electron chi connectivity index (χ1n) is 2.24. The van der Waals surface area contributed by atoms with Gasteiger partial charge in [0.25, 0.3) is 0 Å². The van der Waals surface area contributed by atoms with E-state index in [0.29, 0.717) is 0 Å². The van der Waals surface area contributed by atoms with E-state index in [-0.39, 0.29) is 6.61 Å². The van der Waals surface area contributed by atoms with Crippen molar-refractivity contribution in [2.75, 3.05) is 6.61 Å². The number of aliphatic carboxylic acids is 1. The lowest BCUT2D eigenvalue weighted by molar-refractivity contribution is -0.130. The molecule has 0 bridgehead atoms. The van der Waals surface area contributed by atoms with Gasteiger partial charge in [0.15, 0.2) is 0 Å². The molecule has 0 fully saturated rings. The van der Waals surface area contributed by atoms with Gasteiger partial charge in [0.2, 0.25) is 0 Å². The Bertz CT molecular complexity index is 161. The number of rotatable bonds is 2. The fourth-order valence-electron chi connectivity index (χ4n) is 0.180. The molecule has 3 heteroatoms. The van der Waals surface area contributed by atoms with Crippen molar-refractivity contribution in [2.24, 2.45) is 0 Å². The summed E-state index contributed by atoms with van der Waals surface area (Å²) in [5.41, 5.74) is 0. The first-order chi connectivity index (χ1) is 4.27. The molecule has 0 saturated heterocycles. The molecule has 0 aromatic carbocycles. The molecular formula is C6H6O3. The van der Waals surface area contributed by atoms with Crippen LogP contribution in [-0.4, -0.2) is 17.7 Å². The summed E-state index contributed by atoms with van der Waals surface area (Å²) in [7, 11) is 0. The van der Waals surface area contributed by atoms with Crippen LogP contribution in [-0.2, 0) is 9.53 Å². The second kappa shape index (κ2) is 4.72. The Hall–Kier alpha value is -1.43. The van der Waals surface area contributed by atoms with Crippen LogP contribution < -0.4 is 0 Å². The Morgan fingerprint density at radius 2 is 2.56 bits per heavy atom. The molecule has 0 unspecified atom stereocenters. The Morgan fingerprint density at radius 3 is 3.00 bits per heavy atom. The van der Waals surface area contributed by atoms with Crippen molar-refractivity contribution in [1.82, 2.24) is 0 Å². The summed E-state index contributed by atoms with van der Waals surface area (Å²) in [6, 6.07) is 0. The van der Waals surface area contributed by atoms with E-state index in [9.17, 15) is 4.79 Å². The number of carbonyl (C=O) groups is 1. The molecule has 1 N–H and O–H groups in total. The summed E-state index contributed by atoms with van der Waals surface area (Å²) in [4.78, 5) is 9.68. The molecule has 0 radical (unpaired) electrons. The van der Waals surface area contributed by atoms with Crippen LogP contribution in [0.4, 0.5) is 0 Å². The van der Waals surface area contributed by atoms with Crippen LogP contribution >= 0.6 is 0 Å². The number of carboxylic acids is 1. The predicted molar refractivity (Wildman–Crippen MR) is 31.6 cm³/mol. The normalized spacial score (nSPS) is 6.67. The first-order valence-corrected chi connectivity index (χ1v) is 2.24. The maximum Gasteiger partial charge on any atom is 0.385 e. The Balaban J connectivity index is 3.37. The van der Waals surface area contributed by atoms with Gasteiger partial charge >= 0.3 is 5.97 Å². The SMILES string of the molecule is C=CCOC#CC(=O)O. The average molecular weight is 126 g/mol. The van der Waals surface area contributed by atoms with Gasteiger partial charge in [-0.05, 0) is 0 Å². The minimum atomic E-state index is -1.20. The van der Waals surface area contributed by atoms with Crippen LogP contribution in [0.1, 0.15) is 0 Å². The quantitative estimate of drug-likeness (QED) is 0.327. The zero-order valence-corrected chi connectivity index (χ0v) is 4.76. The highest BCUT2D eigenvalue weighted by atomic mass is 16.5. The van der Waals surface area contributed by atoms with Crippen molar-refractivity contribution in [3.8, 4) is 12.0 Å². The van der Waals surface area contributed by atoms with Gasteiger partial charge in [-0.15, -0.1) is 0 Å². The second-order valence-corrected chi connectivity index (χ2v) is 1.13. The molecule has 0 heterocycles. The fourth-order valence-corrected chi connectivity index (χ4v) is 0.180. The largest absolute Gasteiger partial charge is 0.472 e. The van der Waals surface area contributed by atoms with Gasteiger partial charge in [0, 0.05) is 0 Å². The second-order valence-electron chi connectivity index (χ2n) is 1.13. The van der Waals surface area contributed by atoms with E-state index in [1.54, 1.807) is 5.92 Å². The summed E-state index contributed by atoms with van der Waals surface area (Å²) >= 11 is 0. The highest BCUT2D eigenvalue weighted by Gasteiger charge is 1.80. The van der Waals surface area contributed by atoms with Gasteiger partial charge in [-0.1, -0.05) is 12.7 Å². The third-order valence-corrected chi connectivity index (χ3v) is 0.431. The lowest BCUT2D eigenvalue weighted by atomic mass is 10.7. The molecule has 0 aliphatic rings. The monoisotopic (exact) mass is 126 g/mol.